The molecule has 0 aliphatic carbocycles. The third-order valence-corrected chi connectivity index (χ3v) is 5.62. The number of nitrogens with one attached hydrogen (secondary N) is 1. The Labute approximate surface area is 166 Å². The molecule has 0 saturated carbocycles. The SMILES string of the molecule is O=C(N[C@H]1CCCC[C@H]2CCC[C@@H](C(=O)O)N2C1=O)c1cccc(C(F)(F)F)c1. The summed E-state index contributed by atoms with van der Waals surface area (Å²) in [5, 5.41) is 12.1. The van der Waals surface area contributed by atoms with Crippen molar-refractivity contribution in [3.63, 3.8) is 0 Å². The van der Waals surface area contributed by atoms with E-state index in [4.69, 9.17) is 0 Å². The van der Waals surface area contributed by atoms with Crippen molar-refractivity contribution in [2.75, 3.05) is 0 Å². The van der Waals surface area contributed by atoms with Crippen LogP contribution in [0.15, 0.2) is 24.3 Å². The number of hydrogen-bond acceptors (Lipinski definition) is 3. The normalized spacial score (nSPS) is 25.6. The summed E-state index contributed by atoms with van der Waals surface area (Å²) >= 11 is 0. The Morgan fingerprint density at radius 3 is 2.45 bits per heavy atom. The van der Waals surface area contributed by atoms with Crippen molar-refractivity contribution in [1.82, 2.24) is 10.2 Å². The summed E-state index contributed by atoms with van der Waals surface area (Å²) in [5.74, 6) is -2.33. The predicted molar refractivity (Wildman–Crippen MR) is 97.1 cm³/mol. The van der Waals surface area contributed by atoms with Crippen LogP contribution >= 0.6 is 0 Å². The highest BCUT2D eigenvalue weighted by atomic mass is 19.4. The molecule has 1 aromatic rings. The van der Waals surface area contributed by atoms with Crippen LogP contribution in [-0.2, 0) is 15.8 Å². The van der Waals surface area contributed by atoms with Crippen LogP contribution in [0.5, 0.6) is 0 Å². The molecule has 2 N–H and O–H groups in total. The maximum absolute atomic E-state index is 13.1. The van der Waals surface area contributed by atoms with E-state index >= 15 is 0 Å². The van der Waals surface area contributed by atoms with E-state index in [0.29, 0.717) is 38.5 Å². The number of fused-ring (bicyclic) bond motifs is 1. The molecule has 3 atom stereocenters. The first kappa shape index (κ1) is 21.1. The molecule has 2 fully saturated rings. The van der Waals surface area contributed by atoms with Gasteiger partial charge in [0.2, 0.25) is 5.91 Å². The van der Waals surface area contributed by atoms with Gasteiger partial charge in [0.05, 0.1) is 5.56 Å². The number of halogens is 3. The Morgan fingerprint density at radius 1 is 1.07 bits per heavy atom. The Balaban J connectivity index is 1.81. The molecule has 1 aromatic carbocycles. The van der Waals surface area contributed by atoms with Gasteiger partial charge in [0.15, 0.2) is 0 Å². The van der Waals surface area contributed by atoms with Gasteiger partial charge in [-0.3, -0.25) is 9.59 Å². The van der Waals surface area contributed by atoms with E-state index < -0.39 is 41.6 Å². The van der Waals surface area contributed by atoms with E-state index in [9.17, 15) is 32.7 Å². The third kappa shape index (κ3) is 4.71. The number of carboxylic acid groups (broad SMARTS) is 1. The summed E-state index contributed by atoms with van der Waals surface area (Å²) in [5.41, 5.74) is -1.14. The van der Waals surface area contributed by atoms with E-state index in [0.717, 1.165) is 24.6 Å². The summed E-state index contributed by atoms with van der Waals surface area (Å²) in [6.45, 7) is 0. The molecule has 158 valence electrons. The largest absolute Gasteiger partial charge is 0.480 e. The van der Waals surface area contributed by atoms with E-state index in [1.54, 1.807) is 0 Å². The fourth-order valence-electron chi connectivity index (χ4n) is 4.18. The molecule has 0 radical (unpaired) electrons. The number of carbonyl (C=O) groups is 3. The van der Waals surface area contributed by atoms with Gasteiger partial charge in [-0.15, -0.1) is 0 Å². The Kier molecular flexibility index (Phi) is 6.14. The summed E-state index contributed by atoms with van der Waals surface area (Å²) in [6, 6.07) is 1.92. The van der Waals surface area contributed by atoms with E-state index in [1.807, 2.05) is 0 Å². The number of alkyl halides is 3. The molecule has 2 amide bonds. The third-order valence-electron chi connectivity index (χ3n) is 5.62. The van der Waals surface area contributed by atoms with Crippen molar-refractivity contribution < 1.29 is 32.7 Å². The molecule has 6 nitrogen and oxygen atoms in total. The zero-order chi connectivity index (χ0) is 21.2. The van der Waals surface area contributed by atoms with Crippen LogP contribution in [0, 0.1) is 0 Å². The van der Waals surface area contributed by atoms with Crippen LogP contribution in [0.4, 0.5) is 13.2 Å². The van der Waals surface area contributed by atoms with Crippen LogP contribution in [0.3, 0.4) is 0 Å². The molecule has 2 saturated heterocycles. The molecule has 0 unspecified atom stereocenters. The second-order valence-electron chi connectivity index (χ2n) is 7.57. The van der Waals surface area contributed by atoms with Gasteiger partial charge in [0.1, 0.15) is 12.1 Å². The van der Waals surface area contributed by atoms with Gasteiger partial charge in [-0.05, 0) is 50.3 Å². The Hall–Kier alpha value is -2.58. The minimum atomic E-state index is -4.58. The molecule has 2 aliphatic rings. The molecule has 2 heterocycles. The first-order chi connectivity index (χ1) is 13.7. The fourth-order valence-corrected chi connectivity index (χ4v) is 4.18. The lowest BCUT2D eigenvalue weighted by molar-refractivity contribution is -0.156. The summed E-state index contributed by atoms with van der Waals surface area (Å²) in [7, 11) is 0. The quantitative estimate of drug-likeness (QED) is 0.798. The van der Waals surface area contributed by atoms with E-state index in [2.05, 4.69) is 5.32 Å². The van der Waals surface area contributed by atoms with E-state index in [-0.39, 0.29) is 11.6 Å². The van der Waals surface area contributed by atoms with Crippen LogP contribution < -0.4 is 5.32 Å². The number of carboxylic acids is 1. The zero-order valence-corrected chi connectivity index (χ0v) is 15.7. The van der Waals surface area contributed by atoms with Gasteiger partial charge in [-0.2, -0.15) is 13.2 Å². The topological polar surface area (TPSA) is 86.7 Å². The lowest BCUT2D eigenvalue weighted by atomic mass is 9.88. The van der Waals surface area contributed by atoms with Gasteiger partial charge in [0.25, 0.3) is 5.91 Å². The average molecular weight is 412 g/mol. The monoisotopic (exact) mass is 412 g/mol. The second kappa shape index (κ2) is 8.42. The summed E-state index contributed by atoms with van der Waals surface area (Å²) in [6.07, 6.45) is -0.314. The highest BCUT2D eigenvalue weighted by Crippen LogP contribution is 2.31. The Morgan fingerprint density at radius 2 is 1.76 bits per heavy atom. The molecule has 0 bridgehead atoms. The van der Waals surface area contributed by atoms with Crippen molar-refractivity contribution in [3.05, 3.63) is 35.4 Å². The van der Waals surface area contributed by atoms with Crippen molar-refractivity contribution in [2.24, 2.45) is 0 Å². The maximum Gasteiger partial charge on any atom is 0.416 e. The van der Waals surface area contributed by atoms with Crippen LogP contribution in [0.2, 0.25) is 0 Å². The highest BCUT2D eigenvalue weighted by Gasteiger charge is 2.41. The Bertz CT molecular complexity index is 796. The number of amides is 2. The fraction of sp³-hybridized carbons (Fsp3) is 0.550. The molecular weight excluding hydrogens is 389 g/mol. The smallest absolute Gasteiger partial charge is 0.416 e. The number of benzene rings is 1. The zero-order valence-electron chi connectivity index (χ0n) is 15.7. The van der Waals surface area contributed by atoms with Gasteiger partial charge < -0.3 is 15.3 Å². The molecule has 2 aliphatic heterocycles. The van der Waals surface area contributed by atoms with Crippen molar-refractivity contribution in [2.45, 2.75) is 69.2 Å². The van der Waals surface area contributed by atoms with Gasteiger partial charge in [-0.1, -0.05) is 18.9 Å². The minimum Gasteiger partial charge on any atom is -0.480 e. The van der Waals surface area contributed by atoms with Gasteiger partial charge in [0, 0.05) is 11.6 Å². The predicted octanol–water partition coefficient (Wildman–Crippen LogP) is 3.21. The van der Waals surface area contributed by atoms with Crippen molar-refractivity contribution in [3.8, 4) is 0 Å². The van der Waals surface area contributed by atoms with Crippen molar-refractivity contribution >= 4 is 17.8 Å². The molecular formula is C20H23F3N2O4. The maximum atomic E-state index is 13.1. The number of rotatable bonds is 3. The standard InChI is InChI=1S/C20H23F3N2O4/c21-20(22,23)13-6-3-5-12(11-13)17(26)24-15-9-2-1-7-14-8-4-10-16(19(28)29)25(14)18(15)27/h3,5-6,11,14-16H,1-2,4,7-10H2,(H,24,26)(H,28,29)/t14-,15-,16-/m0/s1. The first-order valence-corrected chi connectivity index (χ1v) is 9.71. The van der Waals surface area contributed by atoms with Crippen LogP contribution in [0.1, 0.15) is 60.9 Å². The molecule has 3 rings (SSSR count). The molecule has 0 spiro atoms. The van der Waals surface area contributed by atoms with Crippen molar-refractivity contribution in [1.29, 1.82) is 0 Å². The van der Waals surface area contributed by atoms with Crippen LogP contribution in [0.25, 0.3) is 0 Å². The molecule has 0 aromatic heterocycles. The number of hydrogen-bond donors (Lipinski definition) is 2. The number of piperidine rings is 1. The van der Waals surface area contributed by atoms with Gasteiger partial charge >= 0.3 is 12.1 Å². The van der Waals surface area contributed by atoms with Gasteiger partial charge in [-0.25, -0.2) is 4.79 Å². The second-order valence-corrected chi connectivity index (χ2v) is 7.57. The first-order valence-electron chi connectivity index (χ1n) is 9.71. The number of aliphatic carboxylic acids is 1. The minimum absolute atomic E-state index is 0.189. The average Bonchev–Trinajstić information content (AvgIpc) is 2.67. The lowest BCUT2D eigenvalue weighted by Crippen LogP contribution is -2.59. The number of carbonyl (C=O) groups excluding carboxylic acids is 2. The van der Waals surface area contributed by atoms with E-state index in [1.165, 1.54) is 11.0 Å². The molecule has 29 heavy (non-hydrogen) atoms. The lowest BCUT2D eigenvalue weighted by Gasteiger charge is -2.43. The summed E-state index contributed by atoms with van der Waals surface area (Å²) in [4.78, 5) is 38.7. The number of nitrogens with zero attached hydrogens (tertiary/aromatic N) is 1. The summed E-state index contributed by atoms with van der Waals surface area (Å²) < 4.78 is 38.7. The molecule has 9 heteroatoms. The highest BCUT2D eigenvalue weighted by molar-refractivity contribution is 5.98. The van der Waals surface area contributed by atoms with Crippen LogP contribution in [-0.4, -0.2) is 45.9 Å².